The van der Waals surface area contributed by atoms with Crippen molar-refractivity contribution in [1.29, 1.82) is 0 Å². The van der Waals surface area contributed by atoms with Gasteiger partial charge < -0.3 is 28.3 Å². The predicted molar refractivity (Wildman–Crippen MR) is 140 cm³/mol. The first-order chi connectivity index (χ1) is 18.5. The fourth-order valence-corrected chi connectivity index (χ4v) is 4.29. The molecule has 0 bridgehead atoms. The molecule has 0 radical (unpaired) electrons. The van der Waals surface area contributed by atoms with Crippen molar-refractivity contribution >= 4 is 17.5 Å². The molecule has 10 heteroatoms. The quantitative estimate of drug-likeness (QED) is 0.378. The molecule has 0 aliphatic carbocycles. The highest BCUT2D eigenvalue weighted by Gasteiger charge is 2.36. The van der Waals surface area contributed by atoms with E-state index < -0.39 is 11.9 Å². The van der Waals surface area contributed by atoms with E-state index in [1.165, 1.54) is 23.3 Å². The fourth-order valence-electron chi connectivity index (χ4n) is 4.29. The number of carbonyl (C=O) groups excluding carboxylic acids is 2. The minimum Gasteiger partial charge on any atom is -0.497 e. The summed E-state index contributed by atoms with van der Waals surface area (Å²) in [6.07, 6.45) is 1.85. The molecule has 0 spiro atoms. The Balaban J connectivity index is 1.69. The Morgan fingerprint density at radius 2 is 1.74 bits per heavy atom. The first-order valence-electron chi connectivity index (χ1n) is 12.1. The molecule has 1 aliphatic heterocycles. The minimum absolute atomic E-state index is 0.142. The van der Waals surface area contributed by atoms with Crippen LogP contribution in [0.15, 0.2) is 70.4 Å². The second-order valence-corrected chi connectivity index (χ2v) is 8.54. The topological polar surface area (TPSA) is 103 Å². The van der Waals surface area contributed by atoms with Crippen LogP contribution in [-0.4, -0.2) is 75.6 Å². The zero-order valence-electron chi connectivity index (χ0n) is 21.9. The third-order valence-electron chi connectivity index (χ3n) is 6.30. The highest BCUT2D eigenvalue weighted by Crippen LogP contribution is 2.39. The molecule has 2 amide bonds. The number of methoxy groups -OCH3 is 4. The third kappa shape index (κ3) is 5.81. The number of nitrogens with zero attached hydrogens (tertiary/aromatic N) is 3. The summed E-state index contributed by atoms with van der Waals surface area (Å²) in [5.41, 5.74) is 2.32. The number of amides is 2. The molecule has 10 nitrogen and oxygen atoms in total. The smallest absolute Gasteiger partial charge is 0.290 e. The van der Waals surface area contributed by atoms with Crippen LogP contribution < -0.4 is 14.2 Å². The highest BCUT2D eigenvalue weighted by atomic mass is 16.5. The molecule has 0 N–H and O–H groups in total. The number of hydrogen-bond acceptors (Lipinski definition) is 8. The number of carbonyl (C=O) groups is 2. The van der Waals surface area contributed by atoms with Gasteiger partial charge in [0.25, 0.3) is 11.8 Å². The molecule has 0 saturated carbocycles. The number of hydrazone groups is 1. The van der Waals surface area contributed by atoms with Crippen molar-refractivity contribution in [2.24, 2.45) is 5.10 Å². The lowest BCUT2D eigenvalue weighted by atomic mass is 9.97. The van der Waals surface area contributed by atoms with Gasteiger partial charge in [0.1, 0.15) is 23.8 Å². The Hall–Kier alpha value is -4.31. The molecule has 1 atom stereocenters. The summed E-state index contributed by atoms with van der Waals surface area (Å²) in [6, 6.07) is 15.6. The van der Waals surface area contributed by atoms with Crippen LogP contribution in [0.2, 0.25) is 0 Å². The summed E-state index contributed by atoms with van der Waals surface area (Å²) in [5, 5.41) is 6.15. The lowest BCUT2D eigenvalue weighted by molar-refractivity contribution is -0.133. The van der Waals surface area contributed by atoms with Gasteiger partial charge in [-0.3, -0.25) is 9.59 Å². The number of benzene rings is 2. The Bertz CT molecular complexity index is 1270. The van der Waals surface area contributed by atoms with E-state index in [0.717, 1.165) is 22.6 Å². The average Bonchev–Trinajstić information content (AvgIpc) is 3.65. The summed E-state index contributed by atoms with van der Waals surface area (Å²) >= 11 is 0. The van der Waals surface area contributed by atoms with E-state index in [2.05, 4.69) is 0 Å². The Morgan fingerprint density at radius 3 is 2.37 bits per heavy atom. The highest BCUT2D eigenvalue weighted by molar-refractivity contribution is 6.03. The molecule has 0 unspecified atom stereocenters. The minimum atomic E-state index is -0.479. The van der Waals surface area contributed by atoms with E-state index in [4.69, 9.17) is 28.5 Å². The SMILES string of the molecule is COCCN(CC(=O)N1N=C(c2ccc(OC)cc2)C[C@H]1c1cc(OC)ccc1OC)C(=O)c1ccco1. The van der Waals surface area contributed by atoms with Gasteiger partial charge in [0.2, 0.25) is 0 Å². The van der Waals surface area contributed by atoms with Crippen LogP contribution >= 0.6 is 0 Å². The summed E-state index contributed by atoms with van der Waals surface area (Å²) in [6.45, 7) is 0.246. The van der Waals surface area contributed by atoms with E-state index in [9.17, 15) is 9.59 Å². The summed E-state index contributed by atoms with van der Waals surface area (Å²) in [4.78, 5) is 28.2. The molecular weight excluding hydrogens is 490 g/mol. The average molecular weight is 522 g/mol. The summed E-state index contributed by atoms with van der Waals surface area (Å²) < 4.78 is 26.8. The molecule has 2 aromatic carbocycles. The second-order valence-electron chi connectivity index (χ2n) is 8.54. The Kier molecular flexibility index (Phi) is 8.65. The van der Waals surface area contributed by atoms with E-state index in [0.29, 0.717) is 17.9 Å². The van der Waals surface area contributed by atoms with Gasteiger partial charge in [-0.25, -0.2) is 5.01 Å². The van der Waals surface area contributed by atoms with Crippen LogP contribution in [0.1, 0.15) is 34.1 Å². The van der Waals surface area contributed by atoms with Crippen LogP contribution in [0, 0.1) is 0 Å². The van der Waals surface area contributed by atoms with Crippen LogP contribution in [-0.2, 0) is 9.53 Å². The number of furan rings is 1. The number of rotatable bonds is 11. The Labute approximate surface area is 221 Å². The zero-order valence-corrected chi connectivity index (χ0v) is 21.9. The van der Waals surface area contributed by atoms with Crippen molar-refractivity contribution in [2.45, 2.75) is 12.5 Å². The van der Waals surface area contributed by atoms with Gasteiger partial charge in [0.05, 0.1) is 46.0 Å². The van der Waals surface area contributed by atoms with Gasteiger partial charge in [0.15, 0.2) is 5.76 Å². The lowest BCUT2D eigenvalue weighted by Crippen LogP contribution is -2.42. The largest absolute Gasteiger partial charge is 0.497 e. The van der Waals surface area contributed by atoms with E-state index >= 15 is 0 Å². The lowest BCUT2D eigenvalue weighted by Gasteiger charge is -2.27. The van der Waals surface area contributed by atoms with Gasteiger partial charge in [-0.05, 0) is 60.2 Å². The van der Waals surface area contributed by atoms with E-state index in [1.807, 2.05) is 30.3 Å². The van der Waals surface area contributed by atoms with Gasteiger partial charge >= 0.3 is 0 Å². The van der Waals surface area contributed by atoms with Crippen LogP contribution in [0.3, 0.4) is 0 Å². The molecule has 4 rings (SSSR count). The van der Waals surface area contributed by atoms with E-state index in [-0.39, 0.29) is 31.4 Å². The maximum Gasteiger partial charge on any atom is 0.290 e. The van der Waals surface area contributed by atoms with Gasteiger partial charge in [-0.1, -0.05) is 0 Å². The molecule has 1 aromatic heterocycles. The van der Waals surface area contributed by atoms with Crippen LogP contribution in [0.5, 0.6) is 17.2 Å². The maximum absolute atomic E-state index is 13.8. The number of hydrogen-bond donors (Lipinski definition) is 0. The molecule has 1 aliphatic rings. The first kappa shape index (κ1) is 26.7. The van der Waals surface area contributed by atoms with Crippen molar-refractivity contribution in [3.05, 3.63) is 77.7 Å². The summed E-state index contributed by atoms with van der Waals surface area (Å²) in [5.74, 6) is 1.32. The van der Waals surface area contributed by atoms with Crippen molar-refractivity contribution < 1.29 is 33.0 Å². The molecular formula is C28H31N3O7. The fraction of sp³-hybridized carbons (Fsp3) is 0.321. The zero-order chi connectivity index (χ0) is 27.1. The van der Waals surface area contributed by atoms with Gasteiger partial charge in [0, 0.05) is 25.6 Å². The van der Waals surface area contributed by atoms with Crippen molar-refractivity contribution in [2.75, 3.05) is 48.1 Å². The normalized spacial score (nSPS) is 14.7. The second kappa shape index (κ2) is 12.3. The standard InChI is InChI=1S/C28H31N3O7/c1-34-15-13-30(28(33)26-6-5-14-38-26)18-27(32)31-24(22-16-21(36-3)11-12-25(22)37-4)17-23(29-31)19-7-9-20(35-2)10-8-19/h5-12,14,16,24H,13,15,17-18H2,1-4H3/t24-/m0/s1. The van der Waals surface area contributed by atoms with Crippen molar-refractivity contribution in [3.8, 4) is 17.2 Å². The third-order valence-corrected chi connectivity index (χ3v) is 6.30. The van der Waals surface area contributed by atoms with E-state index in [1.54, 1.807) is 45.6 Å². The van der Waals surface area contributed by atoms with Gasteiger partial charge in [-0.15, -0.1) is 0 Å². The van der Waals surface area contributed by atoms with Crippen molar-refractivity contribution in [1.82, 2.24) is 9.91 Å². The monoisotopic (exact) mass is 521 g/mol. The first-order valence-corrected chi connectivity index (χ1v) is 12.1. The van der Waals surface area contributed by atoms with Crippen LogP contribution in [0.25, 0.3) is 0 Å². The Morgan fingerprint density at radius 1 is 1.00 bits per heavy atom. The molecule has 0 fully saturated rings. The predicted octanol–water partition coefficient (Wildman–Crippen LogP) is 3.77. The number of ether oxygens (including phenoxy) is 4. The van der Waals surface area contributed by atoms with Gasteiger partial charge in [-0.2, -0.15) is 5.10 Å². The summed E-state index contributed by atoms with van der Waals surface area (Å²) in [7, 11) is 6.30. The molecule has 3 aromatic rings. The molecule has 2 heterocycles. The van der Waals surface area contributed by atoms with Crippen molar-refractivity contribution in [3.63, 3.8) is 0 Å². The molecule has 0 saturated heterocycles. The van der Waals surface area contributed by atoms with Crippen LogP contribution in [0.4, 0.5) is 0 Å². The molecule has 200 valence electrons. The molecule has 38 heavy (non-hydrogen) atoms. The maximum atomic E-state index is 13.8.